The molecule has 0 bridgehead atoms. The molecule has 0 atom stereocenters. The fourth-order valence-corrected chi connectivity index (χ4v) is 2.55. The summed E-state index contributed by atoms with van der Waals surface area (Å²) < 4.78 is 5.31. The van der Waals surface area contributed by atoms with E-state index in [0.717, 1.165) is 19.1 Å². The lowest BCUT2D eigenvalue weighted by Crippen LogP contribution is -2.49. The maximum absolute atomic E-state index is 11.8. The van der Waals surface area contributed by atoms with Crippen LogP contribution in [0.5, 0.6) is 0 Å². The highest BCUT2D eigenvalue weighted by Crippen LogP contribution is 2.09. The number of carbonyl (C=O) groups excluding carboxylic acids is 1. The van der Waals surface area contributed by atoms with Gasteiger partial charge in [0.2, 0.25) is 0 Å². The first-order valence-electron chi connectivity index (χ1n) is 6.67. The van der Waals surface area contributed by atoms with Gasteiger partial charge in [-0.3, -0.25) is 4.90 Å². The summed E-state index contributed by atoms with van der Waals surface area (Å²) in [6.45, 7) is 11.3. The lowest BCUT2D eigenvalue weighted by atomic mass is 10.3. The quantitative estimate of drug-likeness (QED) is 0.762. The third-order valence-corrected chi connectivity index (χ3v) is 4.83. The smallest absolute Gasteiger partial charge is 0.409 e. The Kier molecular flexibility index (Phi) is 6.11. The molecule has 0 spiro atoms. The van der Waals surface area contributed by atoms with Crippen LogP contribution in [-0.4, -0.2) is 75.0 Å². The van der Waals surface area contributed by atoms with Gasteiger partial charge in [-0.2, -0.15) is 0 Å². The second kappa shape index (κ2) is 7.11. The van der Waals surface area contributed by atoms with Gasteiger partial charge < -0.3 is 14.7 Å². The molecule has 0 aromatic heterocycles. The van der Waals surface area contributed by atoms with Crippen LogP contribution in [0.25, 0.3) is 0 Å². The van der Waals surface area contributed by atoms with Crippen molar-refractivity contribution in [1.82, 2.24) is 9.80 Å². The molecule has 0 aromatic rings. The average molecular weight is 274 g/mol. The lowest BCUT2D eigenvalue weighted by Gasteiger charge is -2.33. The van der Waals surface area contributed by atoms with Gasteiger partial charge in [-0.1, -0.05) is 19.6 Å². The number of nitrogens with zero attached hydrogens (tertiary/aromatic N) is 2. The van der Waals surface area contributed by atoms with Crippen LogP contribution in [0.2, 0.25) is 25.7 Å². The highest BCUT2D eigenvalue weighted by atomic mass is 28.3. The molecule has 106 valence electrons. The minimum atomic E-state index is -1.13. The van der Waals surface area contributed by atoms with E-state index in [0.29, 0.717) is 26.2 Å². The number of amides is 1. The third kappa shape index (κ3) is 5.84. The fourth-order valence-electron chi connectivity index (χ4n) is 1.83. The van der Waals surface area contributed by atoms with Gasteiger partial charge in [0, 0.05) is 40.8 Å². The van der Waals surface area contributed by atoms with Crippen molar-refractivity contribution in [1.29, 1.82) is 0 Å². The zero-order valence-corrected chi connectivity index (χ0v) is 12.8. The molecule has 1 fully saturated rings. The summed E-state index contributed by atoms with van der Waals surface area (Å²) in [6.07, 6.45) is -0.183. The van der Waals surface area contributed by atoms with Crippen LogP contribution in [0.1, 0.15) is 0 Å². The van der Waals surface area contributed by atoms with Gasteiger partial charge in [0.05, 0.1) is 13.2 Å². The first kappa shape index (κ1) is 15.5. The van der Waals surface area contributed by atoms with E-state index in [2.05, 4.69) is 24.5 Å². The van der Waals surface area contributed by atoms with E-state index in [-0.39, 0.29) is 12.7 Å². The van der Waals surface area contributed by atoms with E-state index in [1.807, 2.05) is 0 Å². The molecular formula is C12H26N2O3Si. The number of hydrogen-bond acceptors (Lipinski definition) is 4. The molecule has 1 N–H and O–H groups in total. The maximum atomic E-state index is 11.8. The largest absolute Gasteiger partial charge is 0.450 e. The Hall–Kier alpha value is -0.593. The van der Waals surface area contributed by atoms with Gasteiger partial charge in [0.15, 0.2) is 0 Å². The van der Waals surface area contributed by atoms with E-state index in [1.165, 1.54) is 0 Å². The molecule has 1 saturated heterocycles. The first-order valence-corrected chi connectivity index (χ1v) is 10.4. The number of hydrogen-bond donors (Lipinski definition) is 1. The number of ether oxygens (including phenoxy) is 1. The second-order valence-corrected chi connectivity index (χ2v) is 11.6. The van der Waals surface area contributed by atoms with Gasteiger partial charge in [-0.25, -0.2) is 4.79 Å². The van der Waals surface area contributed by atoms with E-state index >= 15 is 0 Å². The van der Waals surface area contributed by atoms with Crippen LogP contribution in [-0.2, 0) is 4.74 Å². The second-order valence-electron chi connectivity index (χ2n) is 5.98. The molecule has 18 heavy (non-hydrogen) atoms. The predicted octanol–water partition coefficient (Wildman–Crippen LogP) is 1.07. The summed E-state index contributed by atoms with van der Waals surface area (Å²) in [5, 5.41) is 8.84. The summed E-state index contributed by atoms with van der Waals surface area (Å²) in [5.41, 5.74) is 0. The van der Waals surface area contributed by atoms with Crippen molar-refractivity contribution >= 4 is 14.2 Å². The zero-order valence-electron chi connectivity index (χ0n) is 11.8. The van der Waals surface area contributed by atoms with Crippen molar-refractivity contribution in [3.05, 3.63) is 0 Å². The fraction of sp³-hybridized carbons (Fsp3) is 0.917. The highest BCUT2D eigenvalue weighted by Gasteiger charge is 2.22. The van der Waals surface area contributed by atoms with Gasteiger partial charge in [-0.15, -0.1) is 0 Å². The molecule has 1 heterocycles. The van der Waals surface area contributed by atoms with Crippen LogP contribution in [0, 0.1) is 0 Å². The Balaban J connectivity index is 2.20. The monoisotopic (exact) mass is 274 g/mol. The summed E-state index contributed by atoms with van der Waals surface area (Å²) >= 11 is 0. The summed E-state index contributed by atoms with van der Waals surface area (Å²) in [5.74, 6) is 0. The molecule has 0 radical (unpaired) electrons. The molecule has 0 aromatic carbocycles. The number of aliphatic hydroxyl groups is 1. The van der Waals surface area contributed by atoms with Gasteiger partial charge >= 0.3 is 6.09 Å². The zero-order chi connectivity index (χ0) is 13.6. The summed E-state index contributed by atoms with van der Waals surface area (Å²) in [4.78, 5) is 15.7. The standard InChI is InChI=1S/C12H26N2O3Si/c1-18(2,3)11-10-17-12(16)14-6-4-13(5-7-14)8-9-15/h15H,4-11H2,1-3H3. The van der Waals surface area contributed by atoms with Crippen LogP contribution < -0.4 is 0 Å². The van der Waals surface area contributed by atoms with Gasteiger partial charge in [-0.05, 0) is 6.04 Å². The van der Waals surface area contributed by atoms with Crippen molar-refractivity contribution in [2.24, 2.45) is 0 Å². The minimum Gasteiger partial charge on any atom is -0.450 e. The molecule has 0 aliphatic carbocycles. The number of carbonyl (C=O) groups is 1. The lowest BCUT2D eigenvalue weighted by molar-refractivity contribution is 0.0744. The molecule has 5 nitrogen and oxygen atoms in total. The van der Waals surface area contributed by atoms with Crippen molar-refractivity contribution in [2.75, 3.05) is 45.9 Å². The Bertz CT molecular complexity index is 261. The molecule has 1 aliphatic rings. The number of piperazine rings is 1. The molecular weight excluding hydrogens is 248 g/mol. The predicted molar refractivity (Wildman–Crippen MR) is 74.6 cm³/mol. The molecule has 0 unspecified atom stereocenters. The van der Waals surface area contributed by atoms with E-state index in [4.69, 9.17) is 9.84 Å². The van der Waals surface area contributed by atoms with E-state index in [1.54, 1.807) is 4.90 Å². The number of β-amino-alcohol motifs (C(OH)–C–C–N with tert-alkyl or cyclic N) is 1. The minimum absolute atomic E-state index is 0.181. The average Bonchev–Trinajstić information content (AvgIpc) is 2.28. The van der Waals surface area contributed by atoms with Crippen molar-refractivity contribution < 1.29 is 14.6 Å². The van der Waals surface area contributed by atoms with Gasteiger partial charge in [0.1, 0.15) is 0 Å². The van der Waals surface area contributed by atoms with Crippen molar-refractivity contribution in [3.8, 4) is 0 Å². The molecule has 1 amide bonds. The van der Waals surface area contributed by atoms with Crippen molar-refractivity contribution in [3.63, 3.8) is 0 Å². The van der Waals surface area contributed by atoms with Crippen LogP contribution in [0.3, 0.4) is 0 Å². The highest BCUT2D eigenvalue weighted by molar-refractivity contribution is 6.76. The van der Waals surface area contributed by atoms with Crippen LogP contribution >= 0.6 is 0 Å². The SMILES string of the molecule is C[Si](C)(C)CCOC(=O)N1CCN(CCO)CC1. The van der Waals surface area contributed by atoms with Crippen molar-refractivity contribution in [2.45, 2.75) is 25.7 Å². The van der Waals surface area contributed by atoms with Gasteiger partial charge in [0.25, 0.3) is 0 Å². The van der Waals surface area contributed by atoms with Crippen LogP contribution in [0.15, 0.2) is 0 Å². The summed E-state index contributed by atoms with van der Waals surface area (Å²) in [7, 11) is -1.13. The Labute approximate surface area is 111 Å². The van der Waals surface area contributed by atoms with E-state index < -0.39 is 8.07 Å². The van der Waals surface area contributed by atoms with Crippen LogP contribution in [0.4, 0.5) is 4.79 Å². The Morgan fingerprint density at radius 2 is 1.83 bits per heavy atom. The molecule has 1 aliphatic heterocycles. The maximum Gasteiger partial charge on any atom is 0.409 e. The third-order valence-electron chi connectivity index (χ3n) is 3.12. The topological polar surface area (TPSA) is 53.0 Å². The Morgan fingerprint density at radius 3 is 2.33 bits per heavy atom. The van der Waals surface area contributed by atoms with E-state index in [9.17, 15) is 4.79 Å². The Morgan fingerprint density at radius 1 is 1.22 bits per heavy atom. The number of aliphatic hydroxyl groups excluding tert-OH is 1. The first-order chi connectivity index (χ1) is 8.42. The number of rotatable bonds is 5. The molecule has 1 rings (SSSR count). The molecule has 0 saturated carbocycles. The molecule has 6 heteroatoms. The summed E-state index contributed by atoms with van der Waals surface area (Å²) in [6, 6.07) is 1.02. The normalized spacial score (nSPS) is 17.9.